The Kier molecular flexibility index (Phi) is 4.19. The van der Waals surface area contributed by atoms with Gasteiger partial charge in [-0.15, -0.1) is 0 Å². The molecule has 5 heteroatoms. The lowest BCUT2D eigenvalue weighted by molar-refractivity contribution is -0.125. The van der Waals surface area contributed by atoms with Gasteiger partial charge < -0.3 is 9.73 Å². The fourth-order valence-corrected chi connectivity index (χ4v) is 2.53. The summed E-state index contributed by atoms with van der Waals surface area (Å²) in [5, 5.41) is 7.29. The average Bonchev–Trinajstić information content (AvgIpc) is 3.19. The van der Waals surface area contributed by atoms with Crippen molar-refractivity contribution in [1.29, 1.82) is 0 Å². The van der Waals surface area contributed by atoms with Crippen LogP contribution >= 0.6 is 0 Å². The molecule has 3 rings (SSSR count). The SMILES string of the molecule is O=C(NCCn1cc(-c2ccoc2)cn1)[C@@H]1CC=CCC1. The molecule has 0 aromatic carbocycles. The van der Waals surface area contributed by atoms with Gasteiger partial charge >= 0.3 is 0 Å². The maximum atomic E-state index is 12.0. The lowest BCUT2D eigenvalue weighted by Crippen LogP contribution is -2.33. The molecule has 110 valence electrons. The molecule has 2 aromatic rings. The van der Waals surface area contributed by atoms with E-state index in [-0.39, 0.29) is 11.8 Å². The van der Waals surface area contributed by atoms with Crippen LogP contribution in [0.1, 0.15) is 19.3 Å². The molecule has 0 saturated heterocycles. The quantitative estimate of drug-likeness (QED) is 0.859. The molecule has 1 N–H and O–H groups in total. The second-order valence-corrected chi connectivity index (χ2v) is 5.28. The smallest absolute Gasteiger partial charge is 0.223 e. The van der Waals surface area contributed by atoms with Gasteiger partial charge in [-0.1, -0.05) is 12.2 Å². The molecular formula is C16H19N3O2. The lowest BCUT2D eigenvalue weighted by Gasteiger charge is -2.17. The predicted molar refractivity (Wildman–Crippen MR) is 79.4 cm³/mol. The summed E-state index contributed by atoms with van der Waals surface area (Å²) in [4.78, 5) is 12.0. The van der Waals surface area contributed by atoms with Gasteiger partial charge in [0.25, 0.3) is 0 Å². The Morgan fingerprint density at radius 3 is 3.14 bits per heavy atom. The fraction of sp³-hybridized carbons (Fsp3) is 0.375. The van der Waals surface area contributed by atoms with E-state index in [0.29, 0.717) is 13.1 Å². The van der Waals surface area contributed by atoms with Crippen LogP contribution in [0.25, 0.3) is 11.1 Å². The van der Waals surface area contributed by atoms with Crippen molar-refractivity contribution in [3.05, 3.63) is 43.1 Å². The van der Waals surface area contributed by atoms with Crippen LogP contribution in [0.5, 0.6) is 0 Å². The summed E-state index contributed by atoms with van der Waals surface area (Å²) in [5.74, 6) is 0.288. The Bertz CT molecular complexity index is 613. The highest BCUT2D eigenvalue weighted by Gasteiger charge is 2.17. The van der Waals surface area contributed by atoms with Gasteiger partial charge in [0.05, 0.1) is 25.3 Å². The minimum Gasteiger partial charge on any atom is -0.472 e. The largest absolute Gasteiger partial charge is 0.472 e. The van der Waals surface area contributed by atoms with Crippen LogP contribution in [-0.4, -0.2) is 22.2 Å². The summed E-state index contributed by atoms with van der Waals surface area (Å²) in [6, 6.07) is 1.90. The van der Waals surface area contributed by atoms with Crippen molar-refractivity contribution < 1.29 is 9.21 Å². The molecule has 0 bridgehead atoms. The summed E-state index contributed by atoms with van der Waals surface area (Å²) in [7, 11) is 0. The molecule has 21 heavy (non-hydrogen) atoms. The van der Waals surface area contributed by atoms with E-state index in [0.717, 1.165) is 30.4 Å². The molecule has 0 radical (unpaired) electrons. The van der Waals surface area contributed by atoms with E-state index in [1.54, 1.807) is 18.7 Å². The first-order valence-corrected chi connectivity index (χ1v) is 7.30. The van der Waals surface area contributed by atoms with Gasteiger partial charge in [0.1, 0.15) is 0 Å². The highest BCUT2D eigenvalue weighted by atomic mass is 16.3. The Balaban J connectivity index is 1.47. The molecule has 1 aliphatic rings. The van der Waals surface area contributed by atoms with Crippen molar-refractivity contribution in [1.82, 2.24) is 15.1 Å². The summed E-state index contributed by atoms with van der Waals surface area (Å²) in [5.41, 5.74) is 2.03. The second kappa shape index (κ2) is 6.43. The highest BCUT2D eigenvalue weighted by Crippen LogP contribution is 2.19. The summed E-state index contributed by atoms with van der Waals surface area (Å²) >= 11 is 0. The number of hydrogen-bond acceptors (Lipinski definition) is 3. The van der Waals surface area contributed by atoms with Gasteiger partial charge in [0.2, 0.25) is 5.91 Å². The van der Waals surface area contributed by atoms with Crippen LogP contribution in [0, 0.1) is 5.92 Å². The number of nitrogens with one attached hydrogen (secondary N) is 1. The van der Waals surface area contributed by atoms with E-state index in [1.165, 1.54) is 0 Å². The summed E-state index contributed by atoms with van der Waals surface area (Å²) in [6.07, 6.45) is 14.2. The first-order valence-electron chi connectivity index (χ1n) is 7.30. The molecule has 2 heterocycles. The topological polar surface area (TPSA) is 60.1 Å². The number of furan rings is 1. The molecule has 0 saturated carbocycles. The van der Waals surface area contributed by atoms with Crippen molar-refractivity contribution in [2.75, 3.05) is 6.54 Å². The lowest BCUT2D eigenvalue weighted by atomic mass is 9.94. The molecule has 0 spiro atoms. The molecule has 1 atom stereocenters. The van der Waals surface area contributed by atoms with Crippen LogP contribution in [0.4, 0.5) is 0 Å². The number of aromatic nitrogens is 2. The monoisotopic (exact) mass is 285 g/mol. The Morgan fingerprint density at radius 2 is 2.38 bits per heavy atom. The summed E-state index contributed by atoms with van der Waals surface area (Å²) < 4.78 is 6.90. The molecule has 0 fully saturated rings. The van der Waals surface area contributed by atoms with E-state index in [2.05, 4.69) is 22.6 Å². The number of carbonyl (C=O) groups excluding carboxylic acids is 1. The maximum absolute atomic E-state index is 12.0. The standard InChI is InChI=1S/C16H19N3O2/c20-16(13-4-2-1-3-5-13)17-7-8-19-11-15(10-18-19)14-6-9-21-12-14/h1-2,6,9-13H,3-5,7-8H2,(H,17,20)/t13-/m1/s1. The molecule has 1 aliphatic carbocycles. The van der Waals surface area contributed by atoms with Gasteiger partial charge in [0, 0.05) is 29.8 Å². The zero-order valence-corrected chi connectivity index (χ0v) is 11.9. The third kappa shape index (κ3) is 3.42. The first kappa shape index (κ1) is 13.7. The van der Waals surface area contributed by atoms with Crippen molar-refractivity contribution in [2.24, 2.45) is 5.92 Å². The summed E-state index contributed by atoms with van der Waals surface area (Å²) in [6.45, 7) is 1.28. The average molecular weight is 285 g/mol. The van der Waals surface area contributed by atoms with E-state index in [9.17, 15) is 4.79 Å². The maximum Gasteiger partial charge on any atom is 0.223 e. The molecule has 1 amide bonds. The van der Waals surface area contributed by atoms with Gasteiger partial charge in [-0.2, -0.15) is 5.10 Å². The van der Waals surface area contributed by atoms with Gasteiger partial charge in [-0.25, -0.2) is 0 Å². The van der Waals surface area contributed by atoms with E-state index < -0.39 is 0 Å². The number of hydrogen-bond donors (Lipinski definition) is 1. The van der Waals surface area contributed by atoms with Gasteiger partial charge in [-0.3, -0.25) is 9.48 Å². The van der Waals surface area contributed by atoms with Crippen molar-refractivity contribution in [2.45, 2.75) is 25.8 Å². The Hall–Kier alpha value is -2.30. The molecular weight excluding hydrogens is 266 g/mol. The zero-order valence-electron chi connectivity index (χ0n) is 11.9. The van der Waals surface area contributed by atoms with Crippen LogP contribution in [0.2, 0.25) is 0 Å². The number of rotatable bonds is 5. The van der Waals surface area contributed by atoms with Crippen molar-refractivity contribution in [3.63, 3.8) is 0 Å². The van der Waals surface area contributed by atoms with Crippen LogP contribution in [0.15, 0.2) is 47.6 Å². The van der Waals surface area contributed by atoms with Gasteiger partial charge in [0.15, 0.2) is 0 Å². The van der Waals surface area contributed by atoms with Crippen molar-refractivity contribution in [3.8, 4) is 11.1 Å². The highest BCUT2D eigenvalue weighted by molar-refractivity contribution is 5.78. The third-order valence-corrected chi connectivity index (χ3v) is 3.77. The van der Waals surface area contributed by atoms with Crippen LogP contribution in [0.3, 0.4) is 0 Å². The minimum absolute atomic E-state index is 0.133. The molecule has 0 aliphatic heterocycles. The second-order valence-electron chi connectivity index (χ2n) is 5.28. The number of amides is 1. The van der Waals surface area contributed by atoms with E-state index in [1.807, 2.05) is 16.9 Å². The van der Waals surface area contributed by atoms with E-state index in [4.69, 9.17) is 4.42 Å². The molecule has 0 unspecified atom stereocenters. The van der Waals surface area contributed by atoms with Crippen molar-refractivity contribution >= 4 is 5.91 Å². The number of carbonyl (C=O) groups is 1. The first-order chi connectivity index (χ1) is 10.3. The predicted octanol–water partition coefficient (Wildman–Crippen LogP) is 2.62. The third-order valence-electron chi connectivity index (χ3n) is 3.77. The zero-order chi connectivity index (χ0) is 14.5. The van der Waals surface area contributed by atoms with E-state index >= 15 is 0 Å². The Labute approximate surface area is 123 Å². The molecule has 5 nitrogen and oxygen atoms in total. The number of nitrogens with zero attached hydrogens (tertiary/aromatic N) is 2. The number of allylic oxidation sites excluding steroid dienone is 2. The Morgan fingerprint density at radius 1 is 1.43 bits per heavy atom. The normalized spacial score (nSPS) is 17.8. The van der Waals surface area contributed by atoms with Gasteiger partial charge in [-0.05, 0) is 25.3 Å². The van der Waals surface area contributed by atoms with Crippen LogP contribution in [-0.2, 0) is 11.3 Å². The fourth-order valence-electron chi connectivity index (χ4n) is 2.53. The molecule has 2 aromatic heterocycles. The van der Waals surface area contributed by atoms with Crippen LogP contribution < -0.4 is 5.32 Å². The minimum atomic E-state index is 0.133.